The fraction of sp³-hybridized carbons (Fsp3) is 0.267. The van der Waals surface area contributed by atoms with Crippen molar-refractivity contribution >= 4 is 12.6 Å². The van der Waals surface area contributed by atoms with E-state index in [1.807, 2.05) is 55.4 Å². The Hall–Kier alpha value is -1.40. The van der Waals surface area contributed by atoms with Crippen LogP contribution >= 0.6 is 12.6 Å². The van der Waals surface area contributed by atoms with Crippen LogP contribution in [0.25, 0.3) is 0 Å². The molecule has 2 atom stereocenters. The zero-order valence-corrected chi connectivity index (χ0v) is 12.6. The molecule has 20 heavy (non-hydrogen) atoms. The highest BCUT2D eigenvalue weighted by molar-refractivity contribution is 7.80. The third-order valence-corrected chi connectivity index (χ3v) is 3.55. The molecule has 0 fully saturated rings. The number of thiol groups is 1. The van der Waals surface area contributed by atoms with Crippen molar-refractivity contribution in [3.8, 4) is 0 Å². The van der Waals surface area contributed by atoms with E-state index < -0.39 is 0 Å². The quantitative estimate of drug-likeness (QED) is 0.432. The summed E-state index contributed by atoms with van der Waals surface area (Å²) < 4.78 is 0. The van der Waals surface area contributed by atoms with Gasteiger partial charge in [-0.15, -0.1) is 12.6 Å². The molecular weight excluding hydrogens is 268 g/mol. The summed E-state index contributed by atoms with van der Waals surface area (Å²) in [5.41, 5.74) is 8.52. The molecule has 2 N–H and O–H groups in total. The van der Waals surface area contributed by atoms with E-state index in [2.05, 4.69) is 40.6 Å². The highest BCUT2D eigenvalue weighted by Crippen LogP contribution is 2.19. The van der Waals surface area contributed by atoms with Gasteiger partial charge < -0.3 is 0 Å². The Balaban J connectivity index is 2.17. The van der Waals surface area contributed by atoms with Crippen LogP contribution in [-0.4, -0.2) is 29.5 Å². The predicted octanol–water partition coefficient (Wildman–Crippen LogP) is 2.04. The Bertz CT molecular complexity index is 464. The van der Waals surface area contributed by atoms with E-state index in [0.717, 1.165) is 11.3 Å². The van der Waals surface area contributed by atoms with Crippen molar-refractivity contribution in [2.24, 2.45) is 0 Å². The Kier molecular flexibility index (Phi) is 5.55. The molecule has 1 aromatic carbocycles. The first-order chi connectivity index (χ1) is 9.68. The predicted molar refractivity (Wildman–Crippen MR) is 85.3 cm³/mol. The highest BCUT2D eigenvalue weighted by Gasteiger charge is 2.16. The van der Waals surface area contributed by atoms with Gasteiger partial charge in [-0.3, -0.25) is 9.88 Å². The maximum Gasteiger partial charge on any atom is 0.117 e. The molecule has 4 nitrogen and oxygen atoms in total. The van der Waals surface area contributed by atoms with Crippen LogP contribution < -0.4 is 10.9 Å². The van der Waals surface area contributed by atoms with Gasteiger partial charge in [-0.2, -0.15) is 0 Å². The maximum atomic E-state index is 4.46. The van der Waals surface area contributed by atoms with Crippen molar-refractivity contribution in [2.45, 2.75) is 11.5 Å². The number of hydrogen-bond acceptors (Lipinski definition) is 5. The van der Waals surface area contributed by atoms with Crippen LogP contribution in [0.1, 0.15) is 17.3 Å². The van der Waals surface area contributed by atoms with Crippen LogP contribution in [0.4, 0.5) is 0 Å². The van der Waals surface area contributed by atoms with E-state index in [0.29, 0.717) is 0 Å². The lowest BCUT2D eigenvalue weighted by Gasteiger charge is -2.25. The van der Waals surface area contributed by atoms with Crippen molar-refractivity contribution < 1.29 is 0 Å². The fourth-order valence-electron chi connectivity index (χ4n) is 1.81. The zero-order chi connectivity index (χ0) is 14.4. The summed E-state index contributed by atoms with van der Waals surface area (Å²) in [5, 5.41) is 0. The summed E-state index contributed by atoms with van der Waals surface area (Å²) in [4.78, 5) is 6.41. The van der Waals surface area contributed by atoms with Crippen LogP contribution in [0.5, 0.6) is 0 Å². The van der Waals surface area contributed by atoms with Crippen LogP contribution in [-0.2, 0) is 0 Å². The summed E-state index contributed by atoms with van der Waals surface area (Å²) in [6.07, 6.45) is 1.80. The number of hydrogen-bond donors (Lipinski definition) is 3. The number of nitrogens with zero attached hydrogens (tertiary/aromatic N) is 2. The molecule has 0 aliphatic heterocycles. The number of nitrogens with one attached hydrogen (secondary N) is 2. The van der Waals surface area contributed by atoms with Gasteiger partial charge in [0.05, 0.1) is 11.7 Å². The summed E-state index contributed by atoms with van der Waals surface area (Å²) in [6, 6.07) is 16.1. The molecule has 5 heteroatoms. The molecule has 0 saturated carbocycles. The van der Waals surface area contributed by atoms with E-state index in [1.54, 1.807) is 6.20 Å². The zero-order valence-electron chi connectivity index (χ0n) is 11.7. The van der Waals surface area contributed by atoms with Gasteiger partial charge in [0.25, 0.3) is 0 Å². The first kappa shape index (κ1) is 15.0. The number of aromatic nitrogens is 1. The fourth-order valence-corrected chi connectivity index (χ4v) is 1.88. The van der Waals surface area contributed by atoms with Crippen molar-refractivity contribution in [1.82, 2.24) is 20.7 Å². The normalized spacial score (nSPS) is 14.2. The minimum Gasteiger partial charge on any atom is -0.285 e. The van der Waals surface area contributed by atoms with Crippen LogP contribution in [0.2, 0.25) is 0 Å². The molecule has 0 bridgehead atoms. The Morgan fingerprint density at radius 3 is 2.30 bits per heavy atom. The molecule has 1 heterocycles. The average Bonchev–Trinajstić information content (AvgIpc) is 2.49. The molecule has 0 saturated heterocycles. The van der Waals surface area contributed by atoms with Gasteiger partial charge in [0.1, 0.15) is 5.50 Å². The second kappa shape index (κ2) is 7.40. The van der Waals surface area contributed by atoms with Gasteiger partial charge >= 0.3 is 0 Å². The second-order valence-corrected chi connectivity index (χ2v) is 5.21. The smallest absolute Gasteiger partial charge is 0.117 e. The number of hydrazine groups is 1. The Morgan fingerprint density at radius 1 is 1.00 bits per heavy atom. The van der Waals surface area contributed by atoms with Gasteiger partial charge in [0.15, 0.2) is 0 Å². The van der Waals surface area contributed by atoms with E-state index in [9.17, 15) is 0 Å². The first-order valence-electron chi connectivity index (χ1n) is 6.50. The van der Waals surface area contributed by atoms with E-state index in [1.165, 1.54) is 0 Å². The van der Waals surface area contributed by atoms with Gasteiger partial charge in [-0.25, -0.2) is 10.9 Å². The number of benzene rings is 1. The SMILES string of the molecule is CN(C)C(S)NNC(c1ccccc1)c1ccccn1. The molecule has 2 rings (SSSR count). The Labute approximate surface area is 125 Å². The van der Waals surface area contributed by atoms with Gasteiger partial charge in [0, 0.05) is 6.20 Å². The molecule has 0 aliphatic rings. The number of rotatable bonds is 6. The Morgan fingerprint density at radius 2 is 1.70 bits per heavy atom. The molecule has 0 radical (unpaired) electrons. The van der Waals surface area contributed by atoms with Gasteiger partial charge in [-0.05, 0) is 31.8 Å². The summed E-state index contributed by atoms with van der Waals surface area (Å²) in [7, 11) is 3.93. The van der Waals surface area contributed by atoms with Crippen LogP contribution in [0, 0.1) is 0 Å². The average molecular weight is 288 g/mol. The maximum absolute atomic E-state index is 4.46. The molecular formula is C15H20N4S. The van der Waals surface area contributed by atoms with E-state index in [-0.39, 0.29) is 11.5 Å². The lowest BCUT2D eigenvalue weighted by Crippen LogP contribution is -2.47. The number of pyridine rings is 1. The first-order valence-corrected chi connectivity index (χ1v) is 7.01. The van der Waals surface area contributed by atoms with Crippen molar-refractivity contribution in [3.05, 3.63) is 66.0 Å². The third-order valence-electron chi connectivity index (χ3n) is 2.96. The minimum atomic E-state index is -0.0788. The lowest BCUT2D eigenvalue weighted by atomic mass is 10.0. The standard InChI is InChI=1S/C15H20N4S/c1-19(2)15(20)18-17-14(12-8-4-3-5-9-12)13-10-6-7-11-16-13/h3-11,14-15,17-18,20H,1-2H3. The van der Waals surface area contributed by atoms with E-state index >= 15 is 0 Å². The summed E-state index contributed by atoms with van der Waals surface area (Å²) in [6.45, 7) is 0. The van der Waals surface area contributed by atoms with Crippen molar-refractivity contribution in [1.29, 1.82) is 0 Å². The molecule has 0 amide bonds. The largest absolute Gasteiger partial charge is 0.285 e. The highest BCUT2D eigenvalue weighted by atomic mass is 32.1. The van der Waals surface area contributed by atoms with Crippen LogP contribution in [0.15, 0.2) is 54.7 Å². The van der Waals surface area contributed by atoms with Gasteiger partial charge in [0.2, 0.25) is 0 Å². The molecule has 106 valence electrons. The molecule has 2 unspecified atom stereocenters. The summed E-state index contributed by atoms with van der Waals surface area (Å²) >= 11 is 4.46. The van der Waals surface area contributed by atoms with Crippen LogP contribution in [0.3, 0.4) is 0 Å². The molecule has 0 spiro atoms. The second-order valence-electron chi connectivity index (χ2n) is 4.72. The monoisotopic (exact) mass is 288 g/mol. The topological polar surface area (TPSA) is 40.2 Å². The van der Waals surface area contributed by atoms with Crippen molar-refractivity contribution in [2.75, 3.05) is 14.1 Å². The van der Waals surface area contributed by atoms with Crippen molar-refractivity contribution in [3.63, 3.8) is 0 Å². The molecule has 1 aromatic heterocycles. The van der Waals surface area contributed by atoms with E-state index in [4.69, 9.17) is 0 Å². The minimum absolute atomic E-state index is 0.0213. The summed E-state index contributed by atoms with van der Waals surface area (Å²) in [5.74, 6) is 0. The van der Waals surface area contributed by atoms with Gasteiger partial charge in [-0.1, -0.05) is 36.4 Å². The lowest BCUT2D eigenvalue weighted by molar-refractivity contribution is 0.294. The third kappa shape index (κ3) is 4.05. The molecule has 0 aliphatic carbocycles. The molecule has 2 aromatic rings.